The lowest BCUT2D eigenvalue weighted by Gasteiger charge is -2.47. The van der Waals surface area contributed by atoms with E-state index in [2.05, 4.69) is 35.5 Å². The third-order valence-electron chi connectivity index (χ3n) is 6.11. The molecule has 0 aromatic rings. The van der Waals surface area contributed by atoms with E-state index in [1.54, 1.807) is 0 Å². The summed E-state index contributed by atoms with van der Waals surface area (Å²) in [6.07, 6.45) is 6.95. The molecule has 0 bridgehead atoms. The molecule has 20 heavy (non-hydrogen) atoms. The van der Waals surface area contributed by atoms with E-state index in [0.29, 0.717) is 5.54 Å². The van der Waals surface area contributed by atoms with E-state index in [1.165, 1.54) is 71.4 Å². The van der Waals surface area contributed by atoms with Crippen LogP contribution in [0.2, 0.25) is 0 Å². The first-order valence-corrected chi connectivity index (χ1v) is 8.83. The van der Waals surface area contributed by atoms with Crippen molar-refractivity contribution in [3.05, 3.63) is 0 Å². The lowest BCUT2D eigenvalue weighted by Crippen LogP contribution is -2.56. The molecule has 3 heteroatoms. The van der Waals surface area contributed by atoms with Gasteiger partial charge in [-0.15, -0.1) is 0 Å². The molecule has 2 aliphatic heterocycles. The Kier molecular flexibility index (Phi) is 4.40. The Bertz CT molecular complexity index is 308. The van der Waals surface area contributed by atoms with Crippen LogP contribution in [0.4, 0.5) is 0 Å². The molecule has 0 atom stereocenters. The van der Waals surface area contributed by atoms with Crippen LogP contribution in [0, 0.1) is 0 Å². The van der Waals surface area contributed by atoms with Gasteiger partial charge in [0.25, 0.3) is 0 Å². The number of piperazine rings is 1. The zero-order valence-corrected chi connectivity index (χ0v) is 13.8. The van der Waals surface area contributed by atoms with Crippen LogP contribution in [0.1, 0.15) is 52.9 Å². The van der Waals surface area contributed by atoms with Gasteiger partial charge >= 0.3 is 0 Å². The normalized spacial score (nSPS) is 28.9. The molecule has 0 aromatic carbocycles. The van der Waals surface area contributed by atoms with Crippen molar-refractivity contribution in [2.45, 2.75) is 70.5 Å². The van der Waals surface area contributed by atoms with Crippen molar-refractivity contribution in [3.63, 3.8) is 0 Å². The second-order valence-corrected chi connectivity index (χ2v) is 7.69. The summed E-state index contributed by atoms with van der Waals surface area (Å²) in [7, 11) is 0. The fourth-order valence-electron chi connectivity index (χ4n) is 3.97. The van der Waals surface area contributed by atoms with Gasteiger partial charge in [-0.3, -0.25) is 14.7 Å². The van der Waals surface area contributed by atoms with Crippen LogP contribution in [0.3, 0.4) is 0 Å². The van der Waals surface area contributed by atoms with Crippen LogP contribution >= 0.6 is 0 Å². The molecule has 2 saturated heterocycles. The molecule has 3 aliphatic rings. The van der Waals surface area contributed by atoms with Gasteiger partial charge in [0.2, 0.25) is 0 Å². The molecule has 0 aromatic heterocycles. The predicted octanol–water partition coefficient (Wildman–Crippen LogP) is 2.42. The topological polar surface area (TPSA) is 9.72 Å². The lowest BCUT2D eigenvalue weighted by atomic mass is 9.93. The maximum Gasteiger partial charge on any atom is 0.0150 e. The maximum absolute atomic E-state index is 2.79. The standard InChI is InChI=1S/C17H33N3/c1-4-17(2,3)20-9-7-16(8-10-20)19-13-11-18(12-14-19)15-5-6-15/h15-16H,4-14H2,1-3H3. The minimum absolute atomic E-state index is 0.398. The van der Waals surface area contributed by atoms with E-state index in [9.17, 15) is 0 Å². The monoisotopic (exact) mass is 279 g/mol. The van der Waals surface area contributed by atoms with Gasteiger partial charge in [-0.2, -0.15) is 0 Å². The molecule has 1 saturated carbocycles. The van der Waals surface area contributed by atoms with E-state index in [0.717, 1.165) is 12.1 Å². The third kappa shape index (κ3) is 3.20. The van der Waals surface area contributed by atoms with Crippen molar-refractivity contribution < 1.29 is 0 Å². The summed E-state index contributed by atoms with van der Waals surface area (Å²) >= 11 is 0. The number of likely N-dealkylation sites (tertiary alicyclic amines) is 1. The molecule has 3 fully saturated rings. The molecule has 0 N–H and O–H groups in total. The Labute approximate surface area is 125 Å². The largest absolute Gasteiger partial charge is 0.298 e. The summed E-state index contributed by atoms with van der Waals surface area (Å²) in [5, 5.41) is 0. The smallest absolute Gasteiger partial charge is 0.0150 e. The van der Waals surface area contributed by atoms with Crippen molar-refractivity contribution >= 4 is 0 Å². The maximum atomic E-state index is 2.79. The molecule has 0 amide bonds. The number of hydrogen-bond donors (Lipinski definition) is 0. The highest BCUT2D eigenvalue weighted by molar-refractivity contribution is 4.91. The first-order chi connectivity index (χ1) is 9.60. The molecule has 3 rings (SSSR count). The summed E-state index contributed by atoms with van der Waals surface area (Å²) in [6, 6.07) is 1.82. The molecular weight excluding hydrogens is 246 g/mol. The molecule has 1 aliphatic carbocycles. The molecular formula is C17H33N3. The Morgan fingerprint density at radius 1 is 0.750 bits per heavy atom. The van der Waals surface area contributed by atoms with Gasteiger partial charge < -0.3 is 0 Å². The number of piperidine rings is 1. The Balaban J connectivity index is 1.44. The Morgan fingerprint density at radius 3 is 1.60 bits per heavy atom. The van der Waals surface area contributed by atoms with Crippen LogP contribution < -0.4 is 0 Å². The van der Waals surface area contributed by atoms with Gasteiger partial charge in [0.1, 0.15) is 0 Å². The van der Waals surface area contributed by atoms with E-state index < -0.39 is 0 Å². The van der Waals surface area contributed by atoms with Crippen molar-refractivity contribution in [1.82, 2.24) is 14.7 Å². The second-order valence-electron chi connectivity index (χ2n) is 7.69. The Hall–Kier alpha value is -0.120. The highest BCUT2D eigenvalue weighted by Gasteiger charge is 2.35. The third-order valence-corrected chi connectivity index (χ3v) is 6.11. The van der Waals surface area contributed by atoms with Crippen LogP contribution in [0.15, 0.2) is 0 Å². The first kappa shape index (κ1) is 14.8. The molecule has 0 spiro atoms. The van der Waals surface area contributed by atoms with Crippen LogP contribution in [-0.2, 0) is 0 Å². The van der Waals surface area contributed by atoms with Crippen molar-refractivity contribution in [1.29, 1.82) is 0 Å². The molecule has 116 valence electrons. The van der Waals surface area contributed by atoms with Gasteiger partial charge in [-0.25, -0.2) is 0 Å². The van der Waals surface area contributed by atoms with Crippen molar-refractivity contribution in [3.8, 4) is 0 Å². The molecule has 2 heterocycles. The van der Waals surface area contributed by atoms with Gasteiger partial charge in [-0.1, -0.05) is 6.92 Å². The van der Waals surface area contributed by atoms with Gasteiger partial charge in [0.15, 0.2) is 0 Å². The zero-order chi connectivity index (χ0) is 14.2. The lowest BCUT2D eigenvalue weighted by molar-refractivity contribution is 0.0244. The molecule has 0 radical (unpaired) electrons. The molecule has 0 unspecified atom stereocenters. The number of hydrogen-bond acceptors (Lipinski definition) is 3. The summed E-state index contributed by atoms with van der Waals surface area (Å²) < 4.78 is 0. The summed E-state index contributed by atoms with van der Waals surface area (Å²) in [6.45, 7) is 15.0. The van der Waals surface area contributed by atoms with Crippen LogP contribution in [0.5, 0.6) is 0 Å². The minimum atomic E-state index is 0.398. The fraction of sp³-hybridized carbons (Fsp3) is 1.00. The summed E-state index contributed by atoms with van der Waals surface area (Å²) in [5.41, 5.74) is 0.398. The van der Waals surface area contributed by atoms with Crippen molar-refractivity contribution in [2.75, 3.05) is 39.3 Å². The van der Waals surface area contributed by atoms with Gasteiger partial charge in [0, 0.05) is 56.9 Å². The zero-order valence-electron chi connectivity index (χ0n) is 13.8. The second kappa shape index (κ2) is 5.94. The van der Waals surface area contributed by atoms with Gasteiger partial charge in [0.05, 0.1) is 0 Å². The SMILES string of the molecule is CCC(C)(C)N1CCC(N2CCN(C3CC3)CC2)CC1. The Morgan fingerprint density at radius 2 is 1.20 bits per heavy atom. The summed E-state index contributed by atoms with van der Waals surface area (Å²) in [4.78, 5) is 8.23. The van der Waals surface area contributed by atoms with Crippen LogP contribution in [0.25, 0.3) is 0 Å². The van der Waals surface area contributed by atoms with E-state index in [1.807, 2.05) is 0 Å². The number of nitrogens with zero attached hydrogens (tertiary/aromatic N) is 3. The quantitative estimate of drug-likeness (QED) is 0.782. The van der Waals surface area contributed by atoms with Gasteiger partial charge in [-0.05, 0) is 46.0 Å². The van der Waals surface area contributed by atoms with E-state index in [-0.39, 0.29) is 0 Å². The van der Waals surface area contributed by atoms with Crippen molar-refractivity contribution in [2.24, 2.45) is 0 Å². The predicted molar refractivity (Wildman–Crippen MR) is 85.1 cm³/mol. The average Bonchev–Trinajstić information content (AvgIpc) is 3.32. The summed E-state index contributed by atoms with van der Waals surface area (Å²) in [5.74, 6) is 0. The number of rotatable bonds is 4. The average molecular weight is 279 g/mol. The fourth-order valence-corrected chi connectivity index (χ4v) is 3.97. The minimum Gasteiger partial charge on any atom is -0.298 e. The molecule has 3 nitrogen and oxygen atoms in total. The van der Waals surface area contributed by atoms with E-state index >= 15 is 0 Å². The van der Waals surface area contributed by atoms with E-state index in [4.69, 9.17) is 0 Å². The highest BCUT2D eigenvalue weighted by atomic mass is 15.3. The highest BCUT2D eigenvalue weighted by Crippen LogP contribution is 2.29. The first-order valence-electron chi connectivity index (χ1n) is 8.83. The van der Waals surface area contributed by atoms with Crippen LogP contribution in [-0.4, -0.2) is 71.6 Å².